The van der Waals surface area contributed by atoms with Gasteiger partial charge in [0, 0.05) is 42.3 Å². The van der Waals surface area contributed by atoms with Gasteiger partial charge in [0.25, 0.3) is 11.8 Å². The second kappa shape index (κ2) is 11.0. The Balaban J connectivity index is 1.30. The molecule has 13 nitrogen and oxygen atoms in total. The van der Waals surface area contributed by atoms with Crippen molar-refractivity contribution in [3.8, 4) is 5.69 Å². The first kappa shape index (κ1) is 25.2. The van der Waals surface area contributed by atoms with Gasteiger partial charge in [-0.2, -0.15) is 20.1 Å². The molecule has 0 spiro atoms. The molecule has 2 aliphatic heterocycles. The molecule has 0 bridgehead atoms. The summed E-state index contributed by atoms with van der Waals surface area (Å²) in [4.78, 5) is 31.1. The molecule has 200 valence electrons. The van der Waals surface area contributed by atoms with Crippen LogP contribution < -0.4 is 10.2 Å². The van der Waals surface area contributed by atoms with E-state index in [1.807, 2.05) is 0 Å². The van der Waals surface area contributed by atoms with Gasteiger partial charge in [-0.1, -0.05) is 11.6 Å². The Labute approximate surface area is 227 Å². The van der Waals surface area contributed by atoms with Gasteiger partial charge in [-0.3, -0.25) is 14.5 Å². The molecule has 0 saturated carbocycles. The molecule has 2 fully saturated rings. The molecule has 2 saturated heterocycles. The third-order valence-electron chi connectivity index (χ3n) is 6.96. The van der Waals surface area contributed by atoms with Crippen LogP contribution >= 0.6 is 11.6 Å². The predicted molar refractivity (Wildman–Crippen MR) is 142 cm³/mol. The fraction of sp³-hybridized carbons (Fsp3) is 0.320. The smallest absolute Gasteiger partial charge is 0.257 e. The molecule has 4 aromatic rings. The zero-order valence-corrected chi connectivity index (χ0v) is 21.5. The normalized spacial score (nSPS) is 20.1. The molecule has 0 aliphatic carbocycles. The number of benzene rings is 2. The van der Waals surface area contributed by atoms with Crippen LogP contribution in [0.15, 0.2) is 48.8 Å². The summed E-state index contributed by atoms with van der Waals surface area (Å²) in [6.07, 6.45) is 4.98. The van der Waals surface area contributed by atoms with Crippen molar-refractivity contribution < 1.29 is 14.3 Å². The number of carbonyl (C=O) groups is 2. The minimum Gasteiger partial charge on any atom is -0.379 e. The summed E-state index contributed by atoms with van der Waals surface area (Å²) in [7, 11) is 0. The topological polar surface area (TPSA) is 147 Å². The van der Waals surface area contributed by atoms with E-state index in [0.717, 1.165) is 13.1 Å². The first-order chi connectivity index (χ1) is 19.1. The molecule has 0 unspecified atom stereocenters. The number of tetrazole rings is 1. The van der Waals surface area contributed by atoms with Crippen LogP contribution in [-0.2, 0) is 14.3 Å². The number of ether oxygens (including phenoxy) is 1. The maximum absolute atomic E-state index is 13.9. The van der Waals surface area contributed by atoms with Crippen molar-refractivity contribution in [1.82, 2.24) is 45.8 Å². The number of amides is 2. The lowest BCUT2D eigenvalue weighted by atomic mass is 10.1. The van der Waals surface area contributed by atoms with Gasteiger partial charge >= 0.3 is 0 Å². The van der Waals surface area contributed by atoms with Crippen LogP contribution in [0.3, 0.4) is 0 Å². The summed E-state index contributed by atoms with van der Waals surface area (Å²) >= 11 is 6.23. The van der Waals surface area contributed by atoms with Gasteiger partial charge in [0.15, 0.2) is 0 Å². The van der Waals surface area contributed by atoms with Crippen LogP contribution in [0.1, 0.15) is 12.0 Å². The minimum absolute atomic E-state index is 0.193. The van der Waals surface area contributed by atoms with E-state index in [4.69, 9.17) is 16.3 Å². The number of H-pyrrole nitrogens is 1. The monoisotopic (exact) mass is 548 g/mol. The number of fused-ring (bicyclic) bond motifs is 1. The summed E-state index contributed by atoms with van der Waals surface area (Å²) in [5, 5.41) is 25.8. The average molecular weight is 549 g/mol. The number of nitrogens with zero attached hydrogens (tertiary/aromatic N) is 8. The van der Waals surface area contributed by atoms with Gasteiger partial charge < -0.3 is 10.1 Å². The van der Waals surface area contributed by atoms with Gasteiger partial charge in [0.1, 0.15) is 17.4 Å². The SMILES string of the molecule is O=C(/C=C/c1cc(Cl)ccc1-n1cnnn1)N(C(=O)[C@@H]1C[C@H](N2CCOCC2)CN1)c1ccc2n[nH]nc2c1. The van der Waals surface area contributed by atoms with Crippen LogP contribution in [0.5, 0.6) is 0 Å². The molecule has 2 N–H and O–H groups in total. The molecular formula is C25H25ClN10O3. The van der Waals surface area contributed by atoms with Crippen molar-refractivity contribution in [2.75, 3.05) is 37.7 Å². The summed E-state index contributed by atoms with van der Waals surface area (Å²) in [5.74, 6) is -0.850. The number of aromatic amines is 1. The van der Waals surface area contributed by atoms with Crippen molar-refractivity contribution in [3.63, 3.8) is 0 Å². The number of aromatic nitrogens is 7. The zero-order chi connectivity index (χ0) is 26.8. The minimum atomic E-state index is -0.522. The quantitative estimate of drug-likeness (QED) is 0.337. The highest BCUT2D eigenvalue weighted by atomic mass is 35.5. The van der Waals surface area contributed by atoms with E-state index in [2.05, 4.69) is 41.2 Å². The second-order valence-electron chi connectivity index (χ2n) is 9.30. The van der Waals surface area contributed by atoms with Crippen molar-refractivity contribution in [2.24, 2.45) is 0 Å². The summed E-state index contributed by atoms with van der Waals surface area (Å²) in [6, 6.07) is 9.90. The molecular weight excluding hydrogens is 524 g/mol. The van der Waals surface area contributed by atoms with Crippen molar-refractivity contribution in [2.45, 2.75) is 18.5 Å². The van der Waals surface area contributed by atoms with Crippen LogP contribution in [0.25, 0.3) is 22.8 Å². The molecule has 14 heteroatoms. The van der Waals surface area contributed by atoms with Crippen LogP contribution in [0, 0.1) is 0 Å². The molecule has 2 aromatic heterocycles. The first-order valence-electron chi connectivity index (χ1n) is 12.5. The van der Waals surface area contributed by atoms with Crippen molar-refractivity contribution in [1.29, 1.82) is 0 Å². The fourth-order valence-corrected chi connectivity index (χ4v) is 5.17. The van der Waals surface area contributed by atoms with E-state index in [0.29, 0.717) is 59.2 Å². The third kappa shape index (κ3) is 5.29. The van der Waals surface area contributed by atoms with E-state index in [9.17, 15) is 9.59 Å². The van der Waals surface area contributed by atoms with Gasteiger partial charge in [-0.15, -0.1) is 5.10 Å². The molecule has 2 atom stereocenters. The Morgan fingerprint density at radius 3 is 2.77 bits per heavy atom. The summed E-state index contributed by atoms with van der Waals surface area (Å²) in [6.45, 7) is 3.67. The lowest BCUT2D eigenvalue weighted by Crippen LogP contribution is -2.46. The van der Waals surface area contributed by atoms with Gasteiger partial charge in [-0.25, -0.2) is 4.90 Å². The summed E-state index contributed by atoms with van der Waals surface area (Å²) in [5.41, 5.74) is 2.81. The number of hydrogen-bond donors (Lipinski definition) is 2. The van der Waals surface area contributed by atoms with Crippen LogP contribution in [0.4, 0.5) is 5.69 Å². The van der Waals surface area contributed by atoms with Gasteiger partial charge in [0.2, 0.25) is 0 Å². The predicted octanol–water partition coefficient (Wildman–Crippen LogP) is 1.22. The summed E-state index contributed by atoms with van der Waals surface area (Å²) < 4.78 is 6.94. The van der Waals surface area contributed by atoms with E-state index in [1.165, 1.54) is 22.0 Å². The molecule has 2 aromatic carbocycles. The maximum Gasteiger partial charge on any atom is 0.257 e. The Kier molecular flexibility index (Phi) is 7.11. The molecule has 2 aliphatic rings. The maximum atomic E-state index is 13.9. The highest BCUT2D eigenvalue weighted by molar-refractivity contribution is 6.30. The number of carbonyl (C=O) groups excluding carboxylic acids is 2. The number of nitrogens with one attached hydrogen (secondary N) is 2. The van der Waals surface area contributed by atoms with Crippen molar-refractivity contribution >= 4 is 46.2 Å². The molecule has 39 heavy (non-hydrogen) atoms. The Bertz CT molecular complexity index is 1520. The lowest BCUT2D eigenvalue weighted by Gasteiger charge is -2.31. The van der Waals surface area contributed by atoms with E-state index in [1.54, 1.807) is 42.5 Å². The van der Waals surface area contributed by atoms with E-state index >= 15 is 0 Å². The van der Waals surface area contributed by atoms with E-state index < -0.39 is 11.9 Å². The number of rotatable bonds is 6. The van der Waals surface area contributed by atoms with E-state index in [-0.39, 0.29) is 11.9 Å². The largest absolute Gasteiger partial charge is 0.379 e. The lowest BCUT2D eigenvalue weighted by molar-refractivity contribution is -0.125. The Hall–Kier alpha value is -4.04. The molecule has 6 rings (SSSR count). The number of anilines is 1. The molecule has 0 radical (unpaired) electrons. The van der Waals surface area contributed by atoms with Crippen LogP contribution in [-0.4, -0.2) is 97.3 Å². The van der Waals surface area contributed by atoms with Gasteiger partial charge in [-0.05, 0) is 59.3 Å². The average Bonchev–Trinajstić information content (AvgIpc) is 3.74. The fourth-order valence-electron chi connectivity index (χ4n) is 4.99. The highest BCUT2D eigenvalue weighted by Gasteiger charge is 2.37. The van der Waals surface area contributed by atoms with Crippen LogP contribution in [0.2, 0.25) is 5.02 Å². The molecule has 4 heterocycles. The Morgan fingerprint density at radius 1 is 1.10 bits per heavy atom. The highest BCUT2D eigenvalue weighted by Crippen LogP contribution is 2.25. The van der Waals surface area contributed by atoms with Gasteiger partial charge in [0.05, 0.1) is 30.6 Å². The second-order valence-corrected chi connectivity index (χ2v) is 9.73. The number of hydrogen-bond acceptors (Lipinski definition) is 10. The number of halogens is 1. The standard InChI is InChI=1S/C25H25ClN10O3/c26-17-2-5-23(35-15-28-31-33-35)16(11-17)1-6-24(37)36(18-3-4-20-21(12-18)30-32-29-20)25(38)22-13-19(14-27-22)34-7-9-39-10-8-34/h1-6,11-12,15,19,22,27H,7-10,13-14H2,(H,29,30,32)/b6-1+/t19-,22-/m0/s1. The number of imide groups is 1. The Morgan fingerprint density at radius 2 is 1.95 bits per heavy atom. The zero-order valence-electron chi connectivity index (χ0n) is 20.8. The van der Waals surface area contributed by atoms with Crippen molar-refractivity contribution in [3.05, 3.63) is 59.4 Å². The number of morpholine rings is 1. The first-order valence-corrected chi connectivity index (χ1v) is 12.9. The third-order valence-corrected chi connectivity index (χ3v) is 7.19. The molecule has 2 amide bonds.